The fourth-order valence-corrected chi connectivity index (χ4v) is 4.24. The average molecular weight is 425 g/mol. The minimum atomic E-state index is -3.06. The lowest BCUT2D eigenvalue weighted by Gasteiger charge is -2.35. The Hall–Kier alpha value is -2.69. The minimum Gasteiger partial charge on any atom is -0.431 e. The molecular formula is C19H19F4N5O2. The Bertz CT molecular complexity index is 968. The van der Waals surface area contributed by atoms with E-state index in [1.165, 1.54) is 12.3 Å². The first kappa shape index (κ1) is 19.3. The van der Waals surface area contributed by atoms with Crippen molar-refractivity contribution in [3.63, 3.8) is 0 Å². The predicted molar refractivity (Wildman–Crippen MR) is 98.7 cm³/mol. The van der Waals surface area contributed by atoms with Gasteiger partial charge in [0.15, 0.2) is 11.6 Å². The summed E-state index contributed by atoms with van der Waals surface area (Å²) >= 11 is 0. The van der Waals surface area contributed by atoms with Gasteiger partial charge in [-0.1, -0.05) is 0 Å². The highest BCUT2D eigenvalue weighted by Crippen LogP contribution is 2.48. The molecule has 2 aromatic rings. The third-order valence-electron chi connectivity index (χ3n) is 5.77. The molecule has 2 bridgehead atoms. The number of aromatic nitrogens is 3. The number of hydrogen-bond donors (Lipinski definition) is 1. The quantitative estimate of drug-likeness (QED) is 0.736. The van der Waals surface area contributed by atoms with E-state index < -0.39 is 18.5 Å². The van der Waals surface area contributed by atoms with E-state index in [9.17, 15) is 17.6 Å². The molecule has 0 unspecified atom stereocenters. The molecule has 2 saturated heterocycles. The largest absolute Gasteiger partial charge is 0.431 e. The van der Waals surface area contributed by atoms with Crippen LogP contribution >= 0.6 is 0 Å². The number of ether oxygens (including phenoxy) is 2. The van der Waals surface area contributed by atoms with Crippen LogP contribution in [-0.4, -0.2) is 52.8 Å². The molecule has 5 rings (SSSR count). The number of morpholine rings is 1. The highest BCUT2D eigenvalue weighted by molar-refractivity contribution is 5.67. The summed E-state index contributed by atoms with van der Waals surface area (Å²) in [7, 11) is 0. The molecule has 160 valence electrons. The summed E-state index contributed by atoms with van der Waals surface area (Å²) in [6, 6.07) is 3.19. The average Bonchev–Trinajstić information content (AvgIpc) is 3.30. The molecule has 0 amide bonds. The van der Waals surface area contributed by atoms with Crippen molar-refractivity contribution in [3.8, 4) is 17.0 Å². The van der Waals surface area contributed by atoms with Gasteiger partial charge in [0, 0.05) is 43.1 Å². The van der Waals surface area contributed by atoms with E-state index in [-0.39, 0.29) is 36.6 Å². The van der Waals surface area contributed by atoms with Crippen LogP contribution in [0.5, 0.6) is 5.75 Å². The van der Waals surface area contributed by atoms with Crippen LogP contribution in [0.3, 0.4) is 0 Å². The molecule has 2 aliphatic heterocycles. The van der Waals surface area contributed by atoms with E-state index >= 15 is 0 Å². The normalized spacial score (nSPS) is 25.0. The van der Waals surface area contributed by atoms with Gasteiger partial charge >= 0.3 is 6.61 Å². The topological polar surface area (TPSA) is 86.4 Å². The van der Waals surface area contributed by atoms with Gasteiger partial charge in [-0.25, -0.2) is 23.7 Å². The van der Waals surface area contributed by atoms with Crippen LogP contribution in [-0.2, 0) is 4.74 Å². The Morgan fingerprint density at radius 2 is 2.03 bits per heavy atom. The summed E-state index contributed by atoms with van der Waals surface area (Å²) in [6.45, 7) is -1.82. The maximum atomic E-state index is 13.4. The molecule has 7 nitrogen and oxygen atoms in total. The summed E-state index contributed by atoms with van der Waals surface area (Å²) in [5.74, 6) is -2.71. The van der Waals surface area contributed by atoms with Crippen molar-refractivity contribution in [3.05, 3.63) is 24.2 Å². The number of hydrogen-bond acceptors (Lipinski definition) is 7. The monoisotopic (exact) mass is 425 g/mol. The smallest absolute Gasteiger partial charge is 0.387 e. The number of nitrogens with two attached hydrogens (primary N) is 1. The molecule has 2 aromatic heterocycles. The van der Waals surface area contributed by atoms with Gasteiger partial charge in [0.1, 0.15) is 11.6 Å². The zero-order valence-corrected chi connectivity index (χ0v) is 15.8. The van der Waals surface area contributed by atoms with E-state index in [1.54, 1.807) is 6.07 Å². The first-order valence-electron chi connectivity index (χ1n) is 9.63. The van der Waals surface area contributed by atoms with E-state index in [4.69, 9.17) is 10.5 Å². The summed E-state index contributed by atoms with van der Waals surface area (Å²) in [4.78, 5) is 15.0. The van der Waals surface area contributed by atoms with Crippen LogP contribution in [0.1, 0.15) is 31.0 Å². The Morgan fingerprint density at radius 1 is 1.23 bits per heavy atom. The van der Waals surface area contributed by atoms with Gasteiger partial charge in [0.2, 0.25) is 5.92 Å². The second kappa shape index (κ2) is 6.93. The highest BCUT2D eigenvalue weighted by Gasteiger charge is 2.48. The summed E-state index contributed by atoms with van der Waals surface area (Å²) in [5.41, 5.74) is 6.39. The lowest BCUT2D eigenvalue weighted by Crippen LogP contribution is -2.38. The molecule has 0 aromatic carbocycles. The molecule has 11 heteroatoms. The van der Waals surface area contributed by atoms with E-state index in [0.717, 1.165) is 6.42 Å². The number of halogens is 4. The molecule has 4 heterocycles. The molecule has 1 saturated carbocycles. The first-order valence-corrected chi connectivity index (χ1v) is 9.63. The maximum Gasteiger partial charge on any atom is 0.387 e. The van der Waals surface area contributed by atoms with Gasteiger partial charge in [-0.05, 0) is 12.5 Å². The Labute approximate surface area is 169 Å². The minimum absolute atomic E-state index is 0.120. The summed E-state index contributed by atoms with van der Waals surface area (Å²) in [5, 5.41) is 0. The van der Waals surface area contributed by atoms with Crippen LogP contribution in [0.4, 0.5) is 29.2 Å². The standard InChI is InChI=1S/C19H19F4N5O2/c20-18(21)30-14-1-9(6-25-16(14)24)13-3-15(28-7-12-2-11(28)8-29-12)27-17(26-13)10-4-19(22,23)5-10/h1,3,6,10-12,18H,2,4-5,7-8H2,(H2,24,25)/t11-,12-/m0/s1. The third-order valence-corrected chi connectivity index (χ3v) is 5.77. The van der Waals surface area contributed by atoms with E-state index in [0.29, 0.717) is 36.1 Å². The fraction of sp³-hybridized carbons (Fsp3) is 0.526. The van der Waals surface area contributed by atoms with Crippen molar-refractivity contribution in [2.75, 3.05) is 23.8 Å². The molecular weight excluding hydrogens is 406 g/mol. The molecule has 3 fully saturated rings. The van der Waals surface area contributed by atoms with Crippen molar-refractivity contribution in [1.82, 2.24) is 15.0 Å². The number of rotatable bonds is 5. The molecule has 3 aliphatic rings. The SMILES string of the molecule is Nc1ncc(-c2cc(N3C[C@@H]4C[C@H]3CO4)nc(C3CC(F)(F)C3)n2)cc1OC(F)F. The number of anilines is 2. The van der Waals surface area contributed by atoms with Crippen LogP contribution in [0.2, 0.25) is 0 Å². The lowest BCUT2D eigenvalue weighted by atomic mass is 9.80. The van der Waals surface area contributed by atoms with Crippen LogP contribution in [0.25, 0.3) is 11.3 Å². The maximum absolute atomic E-state index is 13.4. The number of nitrogen functional groups attached to an aromatic ring is 1. The van der Waals surface area contributed by atoms with Gasteiger partial charge in [-0.3, -0.25) is 0 Å². The van der Waals surface area contributed by atoms with E-state index in [1.807, 2.05) is 0 Å². The number of alkyl halides is 4. The second-order valence-corrected chi connectivity index (χ2v) is 7.91. The highest BCUT2D eigenvalue weighted by atomic mass is 19.3. The lowest BCUT2D eigenvalue weighted by molar-refractivity contribution is -0.0885. The predicted octanol–water partition coefficient (Wildman–Crippen LogP) is 3.21. The van der Waals surface area contributed by atoms with Gasteiger partial charge < -0.3 is 20.1 Å². The zero-order chi connectivity index (χ0) is 21.0. The van der Waals surface area contributed by atoms with Crippen molar-refractivity contribution in [2.24, 2.45) is 0 Å². The summed E-state index contributed by atoms with van der Waals surface area (Å²) < 4.78 is 62.3. The fourth-order valence-electron chi connectivity index (χ4n) is 4.24. The van der Waals surface area contributed by atoms with Crippen molar-refractivity contribution in [2.45, 2.75) is 49.9 Å². The number of pyridine rings is 1. The Balaban J connectivity index is 1.53. The van der Waals surface area contributed by atoms with Gasteiger partial charge in [-0.2, -0.15) is 8.78 Å². The van der Waals surface area contributed by atoms with E-state index in [2.05, 4.69) is 24.6 Å². The molecule has 1 aliphatic carbocycles. The number of fused-ring (bicyclic) bond motifs is 2. The molecule has 30 heavy (non-hydrogen) atoms. The molecule has 2 atom stereocenters. The van der Waals surface area contributed by atoms with Gasteiger partial charge in [0.05, 0.1) is 24.4 Å². The Morgan fingerprint density at radius 3 is 2.67 bits per heavy atom. The van der Waals surface area contributed by atoms with Gasteiger partial charge in [0.25, 0.3) is 0 Å². The molecule has 0 radical (unpaired) electrons. The molecule has 2 N–H and O–H groups in total. The zero-order valence-electron chi connectivity index (χ0n) is 15.8. The second-order valence-electron chi connectivity index (χ2n) is 7.91. The van der Waals surface area contributed by atoms with Crippen molar-refractivity contribution in [1.29, 1.82) is 0 Å². The van der Waals surface area contributed by atoms with Gasteiger partial charge in [-0.15, -0.1) is 0 Å². The van der Waals surface area contributed by atoms with Crippen molar-refractivity contribution >= 4 is 11.6 Å². The third kappa shape index (κ3) is 3.51. The van der Waals surface area contributed by atoms with Crippen LogP contribution in [0.15, 0.2) is 18.3 Å². The first-order chi connectivity index (χ1) is 14.3. The van der Waals surface area contributed by atoms with Crippen LogP contribution in [0, 0.1) is 0 Å². The van der Waals surface area contributed by atoms with Crippen LogP contribution < -0.4 is 15.4 Å². The number of nitrogens with zero attached hydrogens (tertiary/aromatic N) is 4. The van der Waals surface area contributed by atoms with Crippen molar-refractivity contribution < 1.29 is 27.0 Å². The molecule has 0 spiro atoms. The Kier molecular flexibility index (Phi) is 4.46. The summed E-state index contributed by atoms with van der Waals surface area (Å²) in [6.07, 6.45) is 1.76.